The van der Waals surface area contributed by atoms with E-state index in [0.717, 1.165) is 24.2 Å². The summed E-state index contributed by atoms with van der Waals surface area (Å²) in [5, 5.41) is 2.39. The lowest BCUT2D eigenvalue weighted by Crippen LogP contribution is -2.37. The van der Waals surface area contributed by atoms with Gasteiger partial charge in [-0.3, -0.25) is 4.79 Å². The van der Waals surface area contributed by atoms with Crippen molar-refractivity contribution in [3.8, 4) is 0 Å². The number of rotatable bonds is 2. The van der Waals surface area contributed by atoms with E-state index >= 15 is 0 Å². The highest BCUT2D eigenvalue weighted by Crippen LogP contribution is 2.29. The molecule has 0 aliphatic carbocycles. The third kappa shape index (κ3) is 2.27. The van der Waals surface area contributed by atoms with E-state index in [4.69, 9.17) is 4.52 Å². The van der Waals surface area contributed by atoms with Gasteiger partial charge in [0.25, 0.3) is 5.56 Å². The first-order valence-corrected chi connectivity index (χ1v) is 6.20. The van der Waals surface area contributed by atoms with Gasteiger partial charge >= 0.3 is 6.09 Å². The third-order valence-electron chi connectivity index (χ3n) is 3.48. The molecule has 1 aromatic heterocycles. The minimum atomic E-state index is -0.292. The quantitative estimate of drug-likeness (QED) is 0.867. The number of carbonyl (C=O) groups is 1. The summed E-state index contributed by atoms with van der Waals surface area (Å²) in [5.41, 5.74) is 0.592. The van der Waals surface area contributed by atoms with E-state index in [9.17, 15) is 9.59 Å². The van der Waals surface area contributed by atoms with E-state index in [2.05, 4.69) is 9.89 Å². The topological polar surface area (TPSA) is 75.5 Å². The number of hydrogen-bond donors (Lipinski definition) is 1. The Bertz CT molecular complexity index is 469. The second kappa shape index (κ2) is 5.29. The molecule has 18 heavy (non-hydrogen) atoms. The molecule has 2 heterocycles. The smallest absolute Gasteiger partial charge is 0.409 e. The van der Waals surface area contributed by atoms with Crippen LogP contribution in [0.5, 0.6) is 0 Å². The molecule has 1 aliphatic heterocycles. The lowest BCUT2D eigenvalue weighted by molar-refractivity contribution is 0.110. The molecule has 1 amide bonds. The number of nitrogens with one attached hydrogen (secondary N) is 1. The Morgan fingerprint density at radius 3 is 2.72 bits per heavy atom. The maximum atomic E-state index is 11.5. The van der Waals surface area contributed by atoms with E-state index in [1.165, 1.54) is 7.11 Å². The van der Waals surface area contributed by atoms with Gasteiger partial charge < -0.3 is 14.2 Å². The number of methoxy groups -OCH3 is 1. The number of amides is 1. The molecule has 100 valence electrons. The van der Waals surface area contributed by atoms with Gasteiger partial charge in [-0.2, -0.15) is 5.16 Å². The molecule has 0 spiro atoms. The number of carbonyl (C=O) groups excluding carboxylic acids is 1. The monoisotopic (exact) mass is 254 g/mol. The molecule has 2 rings (SSSR count). The number of H-pyrrole nitrogens is 1. The normalized spacial score (nSPS) is 16.9. The van der Waals surface area contributed by atoms with Gasteiger partial charge in [-0.15, -0.1) is 0 Å². The van der Waals surface area contributed by atoms with E-state index in [1.54, 1.807) is 4.90 Å². The second-order valence-corrected chi connectivity index (χ2v) is 4.46. The van der Waals surface area contributed by atoms with Gasteiger partial charge in [0.05, 0.1) is 12.7 Å². The lowest BCUT2D eigenvalue weighted by atomic mass is 9.92. The Morgan fingerprint density at radius 2 is 2.17 bits per heavy atom. The molecule has 0 aromatic carbocycles. The fourth-order valence-electron chi connectivity index (χ4n) is 2.45. The molecule has 6 heteroatoms. The third-order valence-corrected chi connectivity index (χ3v) is 3.48. The summed E-state index contributed by atoms with van der Waals surface area (Å²) in [6, 6.07) is 0. The summed E-state index contributed by atoms with van der Waals surface area (Å²) in [6.07, 6.45) is 1.96. The SMILES string of the molecule is CCc1c(C2CCN(C(=O)OC)CC2)o[nH]c1=O. The van der Waals surface area contributed by atoms with Gasteiger partial charge in [0.15, 0.2) is 0 Å². The van der Waals surface area contributed by atoms with Crippen LogP contribution < -0.4 is 5.56 Å². The van der Waals surface area contributed by atoms with Crippen LogP contribution in [0.3, 0.4) is 0 Å². The molecule has 0 radical (unpaired) electrons. The first kappa shape index (κ1) is 12.7. The molecule has 0 saturated carbocycles. The molecule has 1 fully saturated rings. The summed E-state index contributed by atoms with van der Waals surface area (Å²) < 4.78 is 9.96. The Morgan fingerprint density at radius 1 is 1.50 bits per heavy atom. The summed E-state index contributed by atoms with van der Waals surface area (Å²) in [4.78, 5) is 24.5. The van der Waals surface area contributed by atoms with Crippen LogP contribution in [-0.2, 0) is 11.2 Å². The highest BCUT2D eigenvalue weighted by atomic mass is 16.5. The molecule has 1 saturated heterocycles. The number of piperidine rings is 1. The number of aromatic nitrogens is 1. The number of likely N-dealkylation sites (tertiary alicyclic amines) is 1. The molecule has 0 unspecified atom stereocenters. The predicted molar refractivity (Wildman–Crippen MR) is 64.7 cm³/mol. The first-order valence-electron chi connectivity index (χ1n) is 6.20. The zero-order chi connectivity index (χ0) is 13.1. The number of ether oxygens (including phenoxy) is 1. The molecular weight excluding hydrogens is 236 g/mol. The number of hydrogen-bond acceptors (Lipinski definition) is 4. The Labute approximate surface area is 105 Å². The van der Waals surface area contributed by atoms with Crippen molar-refractivity contribution in [1.29, 1.82) is 0 Å². The zero-order valence-electron chi connectivity index (χ0n) is 10.7. The first-order chi connectivity index (χ1) is 8.67. The van der Waals surface area contributed by atoms with Crippen molar-refractivity contribution in [3.05, 3.63) is 21.7 Å². The fraction of sp³-hybridized carbons (Fsp3) is 0.667. The molecule has 1 aromatic rings. The summed E-state index contributed by atoms with van der Waals surface area (Å²) in [6.45, 7) is 3.21. The molecule has 1 N–H and O–H groups in total. The van der Waals surface area contributed by atoms with Crippen molar-refractivity contribution >= 4 is 6.09 Å². The van der Waals surface area contributed by atoms with E-state index in [1.807, 2.05) is 6.92 Å². The van der Waals surface area contributed by atoms with Gasteiger partial charge in [-0.25, -0.2) is 4.79 Å². The minimum absolute atomic E-state index is 0.136. The fourth-order valence-corrected chi connectivity index (χ4v) is 2.45. The zero-order valence-corrected chi connectivity index (χ0v) is 10.7. The standard InChI is InChI=1S/C12H18N2O4/c1-3-9-10(18-13-11(9)15)8-4-6-14(7-5-8)12(16)17-2/h8H,3-7H2,1-2H3,(H,13,15). The van der Waals surface area contributed by atoms with Gasteiger partial charge in [-0.1, -0.05) is 6.92 Å². The van der Waals surface area contributed by atoms with Crippen molar-refractivity contribution in [3.63, 3.8) is 0 Å². The largest absolute Gasteiger partial charge is 0.453 e. The maximum Gasteiger partial charge on any atom is 0.409 e. The van der Waals surface area contributed by atoms with Crippen LogP contribution in [0.1, 0.15) is 37.0 Å². The summed E-state index contributed by atoms with van der Waals surface area (Å²) >= 11 is 0. The van der Waals surface area contributed by atoms with Crippen LogP contribution in [0.25, 0.3) is 0 Å². The van der Waals surface area contributed by atoms with Crippen molar-refractivity contribution in [1.82, 2.24) is 10.1 Å². The van der Waals surface area contributed by atoms with Crippen molar-refractivity contribution < 1.29 is 14.1 Å². The molecule has 0 bridgehead atoms. The second-order valence-electron chi connectivity index (χ2n) is 4.46. The molecular formula is C12H18N2O4. The Kier molecular flexibility index (Phi) is 3.74. The highest BCUT2D eigenvalue weighted by Gasteiger charge is 2.28. The van der Waals surface area contributed by atoms with Crippen molar-refractivity contribution in [2.45, 2.75) is 32.1 Å². The van der Waals surface area contributed by atoms with Gasteiger partial charge in [0.1, 0.15) is 5.76 Å². The predicted octanol–water partition coefficient (Wildman–Crippen LogP) is 1.48. The van der Waals surface area contributed by atoms with Crippen LogP contribution in [0.2, 0.25) is 0 Å². The van der Waals surface area contributed by atoms with Crippen LogP contribution in [0, 0.1) is 0 Å². The number of aromatic amines is 1. The Balaban J connectivity index is 2.05. The average Bonchev–Trinajstić information content (AvgIpc) is 2.79. The Hall–Kier alpha value is -1.72. The van der Waals surface area contributed by atoms with E-state index < -0.39 is 0 Å². The van der Waals surface area contributed by atoms with Crippen molar-refractivity contribution in [2.75, 3.05) is 20.2 Å². The molecule has 6 nitrogen and oxygen atoms in total. The van der Waals surface area contributed by atoms with Gasteiger partial charge in [0, 0.05) is 19.0 Å². The maximum absolute atomic E-state index is 11.5. The van der Waals surface area contributed by atoms with Gasteiger partial charge in [0.2, 0.25) is 0 Å². The van der Waals surface area contributed by atoms with Crippen LogP contribution >= 0.6 is 0 Å². The molecule has 1 aliphatic rings. The number of nitrogens with zero attached hydrogens (tertiary/aromatic N) is 1. The van der Waals surface area contributed by atoms with Crippen LogP contribution in [0.4, 0.5) is 4.79 Å². The summed E-state index contributed by atoms with van der Waals surface area (Å²) in [7, 11) is 1.38. The summed E-state index contributed by atoms with van der Waals surface area (Å²) in [5.74, 6) is 0.965. The van der Waals surface area contributed by atoms with E-state index in [-0.39, 0.29) is 17.6 Å². The lowest BCUT2D eigenvalue weighted by Gasteiger charge is -2.29. The minimum Gasteiger partial charge on any atom is -0.453 e. The average molecular weight is 254 g/mol. The van der Waals surface area contributed by atoms with Crippen LogP contribution in [0.15, 0.2) is 9.32 Å². The van der Waals surface area contributed by atoms with E-state index in [0.29, 0.717) is 19.5 Å². The molecule has 0 atom stereocenters. The van der Waals surface area contributed by atoms with Crippen LogP contribution in [-0.4, -0.2) is 36.3 Å². The van der Waals surface area contributed by atoms with Gasteiger partial charge in [-0.05, 0) is 19.3 Å². The van der Waals surface area contributed by atoms with Crippen molar-refractivity contribution in [2.24, 2.45) is 0 Å². The highest BCUT2D eigenvalue weighted by molar-refractivity contribution is 5.67.